The maximum Gasteiger partial charge on any atom is 0.275 e. The van der Waals surface area contributed by atoms with E-state index in [0.717, 1.165) is 10.3 Å². The summed E-state index contributed by atoms with van der Waals surface area (Å²) < 4.78 is 2.02. The molecule has 106 valence electrons. The normalized spacial score (nSPS) is 10.7. The first-order valence-corrected chi connectivity index (χ1v) is 7.36. The fourth-order valence-corrected chi connectivity index (χ4v) is 2.75. The second-order valence-corrected chi connectivity index (χ2v) is 5.52. The maximum atomic E-state index is 12.1. The number of thiophene rings is 1. The number of nitrogens with one attached hydrogen (secondary N) is 1. The standard InChI is InChI=1S/C15H13N3O2S/c19-14(16-8-11-4-2-1-3-5-11)10-18-15(20)12-6-7-21-13(12)9-17-18/h1-7,9H,8,10H2,(H,16,19). The van der Waals surface area contributed by atoms with E-state index >= 15 is 0 Å². The summed E-state index contributed by atoms with van der Waals surface area (Å²) >= 11 is 1.46. The summed E-state index contributed by atoms with van der Waals surface area (Å²) in [7, 11) is 0. The molecule has 3 aromatic rings. The van der Waals surface area contributed by atoms with Crippen LogP contribution in [0.4, 0.5) is 0 Å². The number of rotatable bonds is 4. The molecule has 0 atom stereocenters. The number of benzene rings is 1. The van der Waals surface area contributed by atoms with Gasteiger partial charge in [0.1, 0.15) is 6.54 Å². The molecular formula is C15H13N3O2S. The minimum Gasteiger partial charge on any atom is -0.350 e. The Morgan fingerprint density at radius 1 is 1.24 bits per heavy atom. The number of hydrogen-bond donors (Lipinski definition) is 1. The van der Waals surface area contributed by atoms with E-state index in [1.165, 1.54) is 16.0 Å². The third-order valence-electron chi connectivity index (χ3n) is 3.10. The summed E-state index contributed by atoms with van der Waals surface area (Å²) in [6, 6.07) is 11.4. The zero-order valence-corrected chi connectivity index (χ0v) is 12.0. The van der Waals surface area contributed by atoms with E-state index in [0.29, 0.717) is 11.9 Å². The van der Waals surface area contributed by atoms with Crippen molar-refractivity contribution in [1.29, 1.82) is 0 Å². The highest BCUT2D eigenvalue weighted by Gasteiger charge is 2.08. The summed E-state index contributed by atoms with van der Waals surface area (Å²) in [5.74, 6) is -0.233. The first-order chi connectivity index (χ1) is 10.2. The molecule has 2 aromatic heterocycles. The van der Waals surface area contributed by atoms with E-state index in [1.54, 1.807) is 12.3 Å². The van der Waals surface area contributed by atoms with Crippen LogP contribution in [0.25, 0.3) is 10.1 Å². The lowest BCUT2D eigenvalue weighted by atomic mass is 10.2. The van der Waals surface area contributed by atoms with Crippen LogP contribution in [-0.4, -0.2) is 15.7 Å². The van der Waals surface area contributed by atoms with Gasteiger partial charge in [-0.15, -0.1) is 11.3 Å². The molecule has 0 saturated carbocycles. The van der Waals surface area contributed by atoms with Crippen LogP contribution >= 0.6 is 11.3 Å². The minimum atomic E-state index is -0.233. The number of nitrogens with zero attached hydrogens (tertiary/aromatic N) is 2. The van der Waals surface area contributed by atoms with Gasteiger partial charge in [0, 0.05) is 6.54 Å². The molecule has 0 aliphatic heterocycles. The average Bonchev–Trinajstić information content (AvgIpc) is 2.98. The predicted octanol–water partition coefficient (Wildman–Crippen LogP) is 1.77. The monoisotopic (exact) mass is 299 g/mol. The van der Waals surface area contributed by atoms with Crippen molar-refractivity contribution >= 4 is 27.3 Å². The molecule has 1 amide bonds. The Morgan fingerprint density at radius 3 is 2.86 bits per heavy atom. The highest BCUT2D eigenvalue weighted by Crippen LogP contribution is 2.14. The van der Waals surface area contributed by atoms with Gasteiger partial charge < -0.3 is 5.32 Å². The van der Waals surface area contributed by atoms with E-state index in [1.807, 2.05) is 35.7 Å². The van der Waals surface area contributed by atoms with Crippen molar-refractivity contribution in [2.75, 3.05) is 0 Å². The van der Waals surface area contributed by atoms with E-state index < -0.39 is 0 Å². The quantitative estimate of drug-likeness (QED) is 0.798. The Morgan fingerprint density at radius 2 is 2.05 bits per heavy atom. The van der Waals surface area contributed by atoms with Gasteiger partial charge in [-0.25, -0.2) is 4.68 Å². The van der Waals surface area contributed by atoms with Crippen molar-refractivity contribution < 1.29 is 4.79 Å². The summed E-state index contributed by atoms with van der Waals surface area (Å²) in [5.41, 5.74) is 0.781. The van der Waals surface area contributed by atoms with Gasteiger partial charge in [0.2, 0.25) is 5.91 Å². The number of aromatic nitrogens is 2. The van der Waals surface area contributed by atoms with Gasteiger partial charge in [0.25, 0.3) is 5.56 Å². The second kappa shape index (κ2) is 5.88. The molecule has 0 bridgehead atoms. The van der Waals surface area contributed by atoms with Crippen molar-refractivity contribution in [3.63, 3.8) is 0 Å². The lowest BCUT2D eigenvalue weighted by Crippen LogP contribution is -2.33. The van der Waals surface area contributed by atoms with E-state index in [4.69, 9.17) is 0 Å². The molecule has 0 unspecified atom stereocenters. The molecule has 1 aromatic carbocycles. The van der Waals surface area contributed by atoms with Crippen LogP contribution in [0.1, 0.15) is 5.56 Å². The van der Waals surface area contributed by atoms with Crippen molar-refractivity contribution in [3.05, 3.63) is 63.9 Å². The third-order valence-corrected chi connectivity index (χ3v) is 3.95. The number of fused-ring (bicyclic) bond motifs is 1. The van der Waals surface area contributed by atoms with Crippen LogP contribution < -0.4 is 10.9 Å². The van der Waals surface area contributed by atoms with Crippen LogP contribution in [0.5, 0.6) is 0 Å². The summed E-state index contributed by atoms with van der Waals surface area (Å²) in [6.45, 7) is 0.368. The van der Waals surface area contributed by atoms with Gasteiger partial charge >= 0.3 is 0 Å². The van der Waals surface area contributed by atoms with E-state index in [-0.39, 0.29) is 18.0 Å². The summed E-state index contributed by atoms with van der Waals surface area (Å²) in [5, 5.41) is 9.25. The smallest absolute Gasteiger partial charge is 0.275 e. The van der Waals surface area contributed by atoms with Gasteiger partial charge in [-0.1, -0.05) is 30.3 Å². The first-order valence-electron chi connectivity index (χ1n) is 6.48. The number of carbonyl (C=O) groups is 1. The molecule has 5 nitrogen and oxygen atoms in total. The highest BCUT2D eigenvalue weighted by molar-refractivity contribution is 7.17. The maximum absolute atomic E-state index is 12.1. The Kier molecular flexibility index (Phi) is 3.79. The minimum absolute atomic E-state index is 0.0720. The Bertz CT molecular complexity index is 824. The number of hydrogen-bond acceptors (Lipinski definition) is 4. The molecular weight excluding hydrogens is 286 g/mol. The largest absolute Gasteiger partial charge is 0.350 e. The first kappa shape index (κ1) is 13.5. The van der Waals surface area contributed by atoms with Crippen LogP contribution in [0.3, 0.4) is 0 Å². The van der Waals surface area contributed by atoms with Crippen LogP contribution in [0.2, 0.25) is 0 Å². The zero-order chi connectivity index (χ0) is 14.7. The molecule has 0 aliphatic carbocycles. The topological polar surface area (TPSA) is 64.0 Å². The molecule has 2 heterocycles. The van der Waals surface area contributed by atoms with E-state index in [9.17, 15) is 9.59 Å². The molecule has 1 N–H and O–H groups in total. The molecule has 0 radical (unpaired) electrons. The van der Waals surface area contributed by atoms with Gasteiger partial charge in [-0.2, -0.15) is 5.10 Å². The van der Waals surface area contributed by atoms with Gasteiger partial charge in [-0.05, 0) is 17.0 Å². The lowest BCUT2D eigenvalue weighted by Gasteiger charge is -2.06. The van der Waals surface area contributed by atoms with E-state index in [2.05, 4.69) is 10.4 Å². The van der Waals surface area contributed by atoms with Gasteiger partial charge in [-0.3, -0.25) is 9.59 Å². The molecule has 0 aliphatic rings. The Balaban J connectivity index is 1.69. The SMILES string of the molecule is O=C(Cn1ncc2sccc2c1=O)NCc1ccccc1. The fraction of sp³-hybridized carbons (Fsp3) is 0.133. The molecule has 3 rings (SSSR count). The summed E-state index contributed by atoms with van der Waals surface area (Å²) in [4.78, 5) is 24.0. The van der Waals surface area contributed by atoms with Crippen LogP contribution in [0.15, 0.2) is 52.8 Å². The number of amides is 1. The molecule has 0 fully saturated rings. The van der Waals surface area contributed by atoms with Crippen molar-refractivity contribution in [2.45, 2.75) is 13.1 Å². The molecule has 21 heavy (non-hydrogen) atoms. The third kappa shape index (κ3) is 3.00. The number of carbonyl (C=O) groups excluding carboxylic acids is 1. The van der Waals surface area contributed by atoms with Crippen LogP contribution in [0, 0.1) is 0 Å². The second-order valence-electron chi connectivity index (χ2n) is 4.57. The molecule has 0 spiro atoms. The van der Waals surface area contributed by atoms with Crippen molar-refractivity contribution in [2.24, 2.45) is 0 Å². The van der Waals surface area contributed by atoms with Crippen molar-refractivity contribution in [3.8, 4) is 0 Å². The summed E-state index contributed by atoms with van der Waals surface area (Å²) in [6.07, 6.45) is 1.62. The highest BCUT2D eigenvalue weighted by atomic mass is 32.1. The zero-order valence-electron chi connectivity index (χ0n) is 11.2. The van der Waals surface area contributed by atoms with Gasteiger partial charge in [0.15, 0.2) is 0 Å². The Hall–Kier alpha value is -2.47. The van der Waals surface area contributed by atoms with Gasteiger partial charge in [0.05, 0.1) is 16.3 Å². The average molecular weight is 299 g/mol. The Labute approximate surface area is 124 Å². The lowest BCUT2D eigenvalue weighted by molar-refractivity contribution is -0.122. The predicted molar refractivity (Wildman–Crippen MR) is 82.2 cm³/mol. The van der Waals surface area contributed by atoms with Crippen LogP contribution in [-0.2, 0) is 17.9 Å². The molecule has 6 heteroatoms. The molecule has 0 saturated heterocycles. The van der Waals surface area contributed by atoms with Crippen molar-refractivity contribution in [1.82, 2.24) is 15.1 Å². The fourth-order valence-electron chi connectivity index (χ4n) is 2.01.